The molecule has 2 N–H and O–H groups in total. The summed E-state index contributed by atoms with van der Waals surface area (Å²) in [4.78, 5) is 25.5. The van der Waals surface area contributed by atoms with Crippen molar-refractivity contribution in [3.8, 4) is 0 Å². The summed E-state index contributed by atoms with van der Waals surface area (Å²) in [5.41, 5.74) is 1.15. The average molecular weight is 397 g/mol. The third kappa shape index (κ3) is 2.29. The van der Waals surface area contributed by atoms with Gasteiger partial charge in [0.1, 0.15) is 17.1 Å². The van der Waals surface area contributed by atoms with Gasteiger partial charge in [-0.3, -0.25) is 9.59 Å². The van der Waals surface area contributed by atoms with Crippen molar-refractivity contribution in [2.75, 3.05) is 10.6 Å². The number of anilines is 2. The minimum Gasteiger partial charge on any atom is -0.325 e. The second-order valence-electron chi connectivity index (χ2n) is 6.93. The van der Waals surface area contributed by atoms with Crippen LogP contribution in [0.15, 0.2) is 48.7 Å². The Morgan fingerprint density at radius 2 is 1.96 bits per heavy atom. The highest BCUT2D eigenvalue weighted by Gasteiger charge is 2.54. The SMILES string of the molecule is O=C1CC2(C(=O)Nc3cc(F)ccc32)c2cnn(Cc3ccccc3Cl)c2N1. The van der Waals surface area contributed by atoms with Gasteiger partial charge in [0.05, 0.1) is 12.7 Å². The zero-order valence-corrected chi connectivity index (χ0v) is 15.3. The molecule has 3 heterocycles. The van der Waals surface area contributed by atoms with E-state index in [1.165, 1.54) is 12.1 Å². The number of nitrogens with zero attached hydrogens (tertiary/aromatic N) is 2. The number of carbonyl (C=O) groups is 2. The summed E-state index contributed by atoms with van der Waals surface area (Å²) in [6.45, 7) is 0.337. The van der Waals surface area contributed by atoms with E-state index in [1.807, 2.05) is 18.2 Å². The van der Waals surface area contributed by atoms with Crippen LogP contribution in [0, 0.1) is 5.82 Å². The van der Waals surface area contributed by atoms with Crippen molar-refractivity contribution in [2.45, 2.75) is 18.4 Å². The molecule has 0 saturated carbocycles. The molecule has 5 rings (SSSR count). The van der Waals surface area contributed by atoms with Crippen molar-refractivity contribution in [1.82, 2.24) is 9.78 Å². The van der Waals surface area contributed by atoms with Gasteiger partial charge < -0.3 is 10.6 Å². The lowest BCUT2D eigenvalue weighted by atomic mass is 9.72. The highest BCUT2D eigenvalue weighted by Crippen LogP contribution is 2.49. The summed E-state index contributed by atoms with van der Waals surface area (Å²) in [6.07, 6.45) is 1.52. The lowest BCUT2D eigenvalue weighted by molar-refractivity contribution is -0.125. The van der Waals surface area contributed by atoms with Gasteiger partial charge in [-0.25, -0.2) is 9.07 Å². The van der Waals surface area contributed by atoms with E-state index in [9.17, 15) is 14.0 Å². The van der Waals surface area contributed by atoms with Gasteiger partial charge in [0.25, 0.3) is 0 Å². The standard InChI is InChI=1S/C20H14ClFN4O2/c21-15-4-2-1-3-11(15)10-26-18-14(9-23-26)20(8-17(27)25-18)13-6-5-12(22)7-16(13)24-19(20)28/h1-7,9H,8,10H2,(H,24,28)(H,25,27). The molecule has 28 heavy (non-hydrogen) atoms. The van der Waals surface area contributed by atoms with Crippen LogP contribution in [0.2, 0.25) is 5.02 Å². The smallest absolute Gasteiger partial charge is 0.240 e. The molecule has 1 spiro atoms. The third-order valence-electron chi connectivity index (χ3n) is 5.34. The Bertz CT molecular complexity index is 1160. The molecule has 0 bridgehead atoms. The molecule has 2 aromatic carbocycles. The molecule has 0 radical (unpaired) electrons. The van der Waals surface area contributed by atoms with E-state index >= 15 is 0 Å². The first-order valence-electron chi connectivity index (χ1n) is 8.70. The molecule has 2 amide bonds. The summed E-state index contributed by atoms with van der Waals surface area (Å²) in [7, 11) is 0. The van der Waals surface area contributed by atoms with Crippen LogP contribution in [-0.2, 0) is 21.5 Å². The highest BCUT2D eigenvalue weighted by molar-refractivity contribution is 6.31. The first-order chi connectivity index (χ1) is 13.5. The summed E-state index contributed by atoms with van der Waals surface area (Å²) in [6, 6.07) is 11.5. The van der Waals surface area contributed by atoms with Crippen LogP contribution in [0.5, 0.6) is 0 Å². The fourth-order valence-electron chi connectivity index (χ4n) is 4.04. The van der Waals surface area contributed by atoms with Crippen LogP contribution in [0.3, 0.4) is 0 Å². The molecule has 3 aromatic rings. The predicted molar refractivity (Wildman–Crippen MR) is 102 cm³/mol. The van der Waals surface area contributed by atoms with Crippen LogP contribution in [0.25, 0.3) is 0 Å². The van der Waals surface area contributed by atoms with Crippen molar-refractivity contribution in [3.05, 3.63) is 76.2 Å². The van der Waals surface area contributed by atoms with E-state index in [2.05, 4.69) is 15.7 Å². The van der Waals surface area contributed by atoms with Crippen molar-refractivity contribution in [3.63, 3.8) is 0 Å². The molecule has 2 aliphatic rings. The lowest BCUT2D eigenvalue weighted by Crippen LogP contribution is -2.43. The van der Waals surface area contributed by atoms with Gasteiger partial charge in [0.2, 0.25) is 11.8 Å². The number of carbonyl (C=O) groups excluding carboxylic acids is 2. The van der Waals surface area contributed by atoms with Gasteiger partial charge in [-0.1, -0.05) is 35.9 Å². The number of nitrogens with one attached hydrogen (secondary N) is 2. The zero-order valence-electron chi connectivity index (χ0n) is 14.5. The molecule has 0 saturated heterocycles. The number of aromatic nitrogens is 2. The number of fused-ring (bicyclic) bond motifs is 4. The maximum Gasteiger partial charge on any atom is 0.240 e. The first kappa shape index (κ1) is 16.9. The number of amides is 2. The van der Waals surface area contributed by atoms with Crippen LogP contribution >= 0.6 is 11.6 Å². The van der Waals surface area contributed by atoms with Crippen molar-refractivity contribution >= 4 is 34.9 Å². The lowest BCUT2D eigenvalue weighted by Gasteiger charge is -2.31. The molecule has 1 unspecified atom stereocenters. The van der Waals surface area contributed by atoms with Crippen molar-refractivity contribution in [2.24, 2.45) is 0 Å². The third-order valence-corrected chi connectivity index (χ3v) is 5.71. The number of halogens is 2. The normalized spacial score (nSPS) is 19.9. The van der Waals surface area contributed by atoms with Gasteiger partial charge >= 0.3 is 0 Å². The van der Waals surface area contributed by atoms with E-state index in [0.29, 0.717) is 34.2 Å². The first-order valence-corrected chi connectivity index (χ1v) is 9.08. The van der Waals surface area contributed by atoms with E-state index in [-0.39, 0.29) is 18.2 Å². The molecule has 0 fully saturated rings. The minimum absolute atomic E-state index is 0.0672. The van der Waals surface area contributed by atoms with E-state index in [0.717, 1.165) is 5.56 Å². The Morgan fingerprint density at radius 1 is 1.14 bits per heavy atom. The highest BCUT2D eigenvalue weighted by atomic mass is 35.5. The number of rotatable bonds is 2. The topological polar surface area (TPSA) is 76.0 Å². The zero-order chi connectivity index (χ0) is 19.5. The Hall–Kier alpha value is -3.19. The van der Waals surface area contributed by atoms with Gasteiger partial charge in [0.15, 0.2) is 0 Å². The summed E-state index contributed by atoms with van der Waals surface area (Å²) in [5.74, 6) is -0.670. The van der Waals surface area contributed by atoms with Crippen LogP contribution in [0.1, 0.15) is 23.1 Å². The maximum absolute atomic E-state index is 13.6. The molecule has 2 aliphatic heterocycles. The Labute approximate surface area is 164 Å². The summed E-state index contributed by atoms with van der Waals surface area (Å²) >= 11 is 6.25. The van der Waals surface area contributed by atoms with E-state index in [4.69, 9.17) is 11.6 Å². The van der Waals surface area contributed by atoms with Crippen LogP contribution in [-0.4, -0.2) is 21.6 Å². The van der Waals surface area contributed by atoms with E-state index < -0.39 is 11.2 Å². The molecular formula is C20H14ClFN4O2. The largest absolute Gasteiger partial charge is 0.325 e. The van der Waals surface area contributed by atoms with Crippen molar-refractivity contribution < 1.29 is 14.0 Å². The number of hydrogen-bond donors (Lipinski definition) is 2. The Kier molecular flexibility index (Phi) is 3.57. The Balaban J connectivity index is 1.66. The van der Waals surface area contributed by atoms with Gasteiger partial charge in [-0.05, 0) is 29.3 Å². The van der Waals surface area contributed by atoms with Gasteiger partial charge in [0, 0.05) is 22.7 Å². The van der Waals surface area contributed by atoms with Gasteiger partial charge in [-0.15, -0.1) is 0 Å². The molecule has 140 valence electrons. The van der Waals surface area contributed by atoms with E-state index in [1.54, 1.807) is 23.0 Å². The fourth-order valence-corrected chi connectivity index (χ4v) is 4.23. The fraction of sp³-hybridized carbons (Fsp3) is 0.150. The molecular weight excluding hydrogens is 383 g/mol. The van der Waals surface area contributed by atoms with Crippen LogP contribution in [0.4, 0.5) is 15.9 Å². The quantitative estimate of drug-likeness (QED) is 0.697. The second kappa shape index (κ2) is 5.90. The predicted octanol–water partition coefficient (Wildman–Crippen LogP) is 3.30. The molecule has 1 aromatic heterocycles. The van der Waals surface area contributed by atoms with Gasteiger partial charge in [-0.2, -0.15) is 5.10 Å². The number of benzene rings is 2. The molecule has 6 nitrogen and oxygen atoms in total. The molecule has 0 aliphatic carbocycles. The summed E-state index contributed by atoms with van der Waals surface area (Å²) < 4.78 is 15.3. The second-order valence-corrected chi connectivity index (χ2v) is 7.34. The monoisotopic (exact) mass is 396 g/mol. The minimum atomic E-state index is -1.22. The maximum atomic E-state index is 13.6. The number of hydrogen-bond acceptors (Lipinski definition) is 3. The molecule has 1 atom stereocenters. The average Bonchev–Trinajstić information content (AvgIpc) is 3.17. The Morgan fingerprint density at radius 3 is 2.79 bits per heavy atom. The van der Waals surface area contributed by atoms with Crippen molar-refractivity contribution in [1.29, 1.82) is 0 Å². The summed E-state index contributed by atoms with van der Waals surface area (Å²) in [5, 5.41) is 10.5. The van der Waals surface area contributed by atoms with Crippen LogP contribution < -0.4 is 10.6 Å². The molecule has 8 heteroatoms.